The molecule has 0 N–H and O–H groups in total. The number of hydrogen-bond acceptors (Lipinski definition) is 3. The lowest BCUT2D eigenvalue weighted by Crippen LogP contribution is -2.38. The summed E-state index contributed by atoms with van der Waals surface area (Å²) in [6, 6.07) is 6.05. The van der Waals surface area contributed by atoms with E-state index in [1.165, 1.54) is 30.5 Å². The Kier molecular flexibility index (Phi) is 4.41. The number of rotatable bonds is 4. The average Bonchev–Trinajstić information content (AvgIpc) is 2.94. The fourth-order valence-corrected chi connectivity index (χ4v) is 3.91. The summed E-state index contributed by atoms with van der Waals surface area (Å²) in [7, 11) is 1.50. The average molecular weight is 346 g/mol. The lowest BCUT2D eigenvalue weighted by atomic mass is 10.0. The second-order valence-electron chi connectivity index (χ2n) is 6.40. The summed E-state index contributed by atoms with van der Waals surface area (Å²) in [5.41, 5.74) is 1.20. The molecule has 0 aliphatic heterocycles. The van der Waals surface area contributed by atoms with Gasteiger partial charge in [0.05, 0.1) is 11.9 Å². The molecule has 6 heteroatoms. The van der Waals surface area contributed by atoms with Crippen molar-refractivity contribution in [2.75, 3.05) is 0 Å². The van der Waals surface area contributed by atoms with Crippen LogP contribution in [0.25, 0.3) is 10.2 Å². The highest BCUT2D eigenvalue weighted by Crippen LogP contribution is 2.25. The summed E-state index contributed by atoms with van der Waals surface area (Å²) in [5, 5.41) is 2.59. The second kappa shape index (κ2) is 6.36. The van der Waals surface area contributed by atoms with Gasteiger partial charge in [-0.25, -0.2) is 9.18 Å². The number of fused-ring (bicyclic) bond motifs is 1. The molecule has 3 rings (SSSR count). The molecule has 0 bridgehead atoms. The van der Waals surface area contributed by atoms with Gasteiger partial charge in [0.2, 0.25) is 0 Å². The molecule has 0 spiro atoms. The van der Waals surface area contributed by atoms with Gasteiger partial charge in [0, 0.05) is 7.05 Å². The van der Waals surface area contributed by atoms with Gasteiger partial charge >= 0.3 is 5.69 Å². The zero-order valence-corrected chi connectivity index (χ0v) is 14.7. The molecule has 3 aromatic rings. The van der Waals surface area contributed by atoms with Gasteiger partial charge in [-0.2, -0.15) is 0 Å². The molecule has 0 saturated carbocycles. The summed E-state index contributed by atoms with van der Waals surface area (Å²) in [4.78, 5) is 25.8. The van der Waals surface area contributed by atoms with Gasteiger partial charge in [-0.3, -0.25) is 13.9 Å². The molecule has 0 saturated heterocycles. The van der Waals surface area contributed by atoms with Crippen molar-refractivity contribution in [3.05, 3.63) is 67.4 Å². The van der Waals surface area contributed by atoms with E-state index in [4.69, 9.17) is 0 Å². The molecule has 0 amide bonds. The van der Waals surface area contributed by atoms with Crippen LogP contribution in [0.15, 0.2) is 39.2 Å². The Morgan fingerprint density at radius 1 is 1.17 bits per heavy atom. The molecule has 2 aromatic heterocycles. The monoisotopic (exact) mass is 346 g/mol. The van der Waals surface area contributed by atoms with E-state index in [-0.39, 0.29) is 17.1 Å². The quantitative estimate of drug-likeness (QED) is 0.728. The lowest BCUT2D eigenvalue weighted by Gasteiger charge is -2.11. The summed E-state index contributed by atoms with van der Waals surface area (Å²) in [6.07, 6.45) is 0.796. The molecule has 0 fully saturated rings. The summed E-state index contributed by atoms with van der Waals surface area (Å²) in [6.45, 7) is 4.51. The Morgan fingerprint density at radius 2 is 1.83 bits per heavy atom. The molecular weight excluding hydrogens is 327 g/mol. The minimum Gasteiger partial charge on any atom is -0.280 e. The first kappa shape index (κ1) is 16.6. The topological polar surface area (TPSA) is 44.0 Å². The van der Waals surface area contributed by atoms with Crippen molar-refractivity contribution >= 4 is 21.6 Å². The maximum atomic E-state index is 13.1. The first-order chi connectivity index (χ1) is 11.4. The minimum absolute atomic E-state index is 0.248. The SMILES string of the molecule is CC(C)Cc1csc2c1c(=O)n(C)c(=O)n2Cc1ccc(F)cc1. The third kappa shape index (κ3) is 2.94. The third-order valence-electron chi connectivity index (χ3n) is 4.01. The lowest BCUT2D eigenvalue weighted by molar-refractivity contribution is 0.625. The summed E-state index contributed by atoms with van der Waals surface area (Å²) >= 11 is 1.42. The highest BCUT2D eigenvalue weighted by Gasteiger charge is 2.17. The fourth-order valence-electron chi connectivity index (χ4n) is 2.83. The van der Waals surface area contributed by atoms with Crippen LogP contribution in [-0.4, -0.2) is 9.13 Å². The molecular formula is C18H19FN2O2S. The normalized spacial score (nSPS) is 11.5. The first-order valence-electron chi connectivity index (χ1n) is 7.83. The van der Waals surface area contributed by atoms with Gasteiger partial charge in [-0.1, -0.05) is 26.0 Å². The van der Waals surface area contributed by atoms with Crippen molar-refractivity contribution in [1.29, 1.82) is 0 Å². The standard InChI is InChI=1S/C18H19FN2O2S/c1-11(2)8-13-10-24-17-15(13)16(22)20(3)18(23)21(17)9-12-4-6-14(19)7-5-12/h4-7,10-11H,8-9H2,1-3H3. The van der Waals surface area contributed by atoms with E-state index in [2.05, 4.69) is 13.8 Å². The number of aromatic nitrogens is 2. The molecule has 0 aliphatic carbocycles. The summed E-state index contributed by atoms with van der Waals surface area (Å²) < 4.78 is 15.8. The number of thiophene rings is 1. The van der Waals surface area contributed by atoms with Gasteiger partial charge in [0.25, 0.3) is 5.56 Å². The van der Waals surface area contributed by atoms with E-state index >= 15 is 0 Å². The number of halogens is 1. The van der Waals surface area contributed by atoms with E-state index in [1.807, 2.05) is 5.38 Å². The molecule has 0 aliphatic rings. The number of benzene rings is 1. The Balaban J connectivity index is 2.20. The van der Waals surface area contributed by atoms with Gasteiger partial charge < -0.3 is 0 Å². The van der Waals surface area contributed by atoms with Gasteiger partial charge in [0.1, 0.15) is 10.6 Å². The van der Waals surface area contributed by atoms with Crippen molar-refractivity contribution in [2.24, 2.45) is 13.0 Å². The van der Waals surface area contributed by atoms with Crippen molar-refractivity contribution in [3.8, 4) is 0 Å². The molecule has 4 nitrogen and oxygen atoms in total. The Labute approximate surface area is 142 Å². The maximum Gasteiger partial charge on any atom is 0.332 e. The van der Waals surface area contributed by atoms with Crippen molar-refractivity contribution in [3.63, 3.8) is 0 Å². The highest BCUT2D eigenvalue weighted by atomic mass is 32.1. The molecule has 0 atom stereocenters. The zero-order chi connectivity index (χ0) is 17.4. The first-order valence-corrected chi connectivity index (χ1v) is 8.70. The Hall–Kier alpha value is -2.21. The van der Waals surface area contributed by atoms with E-state index in [1.54, 1.807) is 16.7 Å². The van der Waals surface area contributed by atoms with Crippen LogP contribution in [0.2, 0.25) is 0 Å². The largest absolute Gasteiger partial charge is 0.332 e. The second-order valence-corrected chi connectivity index (χ2v) is 7.26. The van der Waals surface area contributed by atoms with Gasteiger partial charge in [-0.05, 0) is 41.0 Å². The Morgan fingerprint density at radius 3 is 2.46 bits per heavy atom. The number of nitrogens with zero attached hydrogens (tertiary/aromatic N) is 2. The van der Waals surface area contributed by atoms with E-state index in [0.717, 1.165) is 22.1 Å². The van der Waals surface area contributed by atoms with Crippen LogP contribution in [0.3, 0.4) is 0 Å². The Bertz CT molecular complexity index is 997. The van der Waals surface area contributed by atoms with Crippen LogP contribution in [0.4, 0.5) is 4.39 Å². The van der Waals surface area contributed by atoms with Gasteiger partial charge in [0.15, 0.2) is 0 Å². The predicted molar refractivity (Wildman–Crippen MR) is 95.4 cm³/mol. The van der Waals surface area contributed by atoms with E-state index in [9.17, 15) is 14.0 Å². The fraction of sp³-hybridized carbons (Fsp3) is 0.333. The number of hydrogen-bond donors (Lipinski definition) is 0. The smallest absolute Gasteiger partial charge is 0.280 e. The van der Waals surface area contributed by atoms with E-state index < -0.39 is 0 Å². The van der Waals surface area contributed by atoms with Crippen LogP contribution >= 0.6 is 11.3 Å². The molecule has 24 heavy (non-hydrogen) atoms. The molecule has 0 unspecified atom stereocenters. The van der Waals surface area contributed by atoms with Crippen molar-refractivity contribution in [2.45, 2.75) is 26.8 Å². The summed E-state index contributed by atoms with van der Waals surface area (Å²) in [5.74, 6) is 0.108. The van der Waals surface area contributed by atoms with Gasteiger partial charge in [-0.15, -0.1) is 11.3 Å². The maximum absolute atomic E-state index is 13.1. The van der Waals surface area contributed by atoms with Crippen LogP contribution in [0.5, 0.6) is 0 Å². The predicted octanol–water partition coefficient (Wildman–Crippen LogP) is 3.15. The third-order valence-corrected chi connectivity index (χ3v) is 5.06. The minimum atomic E-state index is -0.352. The molecule has 1 aromatic carbocycles. The van der Waals surface area contributed by atoms with Crippen molar-refractivity contribution < 1.29 is 4.39 Å². The molecule has 0 radical (unpaired) electrons. The zero-order valence-electron chi connectivity index (χ0n) is 13.9. The van der Waals surface area contributed by atoms with Crippen LogP contribution in [0, 0.1) is 11.7 Å². The van der Waals surface area contributed by atoms with Crippen LogP contribution in [0.1, 0.15) is 25.0 Å². The molecule has 126 valence electrons. The highest BCUT2D eigenvalue weighted by molar-refractivity contribution is 7.17. The molecule has 2 heterocycles. The van der Waals surface area contributed by atoms with Crippen LogP contribution < -0.4 is 11.2 Å². The van der Waals surface area contributed by atoms with E-state index in [0.29, 0.717) is 22.7 Å². The van der Waals surface area contributed by atoms with Crippen LogP contribution in [-0.2, 0) is 20.0 Å². The van der Waals surface area contributed by atoms with Crippen molar-refractivity contribution in [1.82, 2.24) is 9.13 Å².